The van der Waals surface area contributed by atoms with Crippen LogP contribution in [0.3, 0.4) is 0 Å². The summed E-state index contributed by atoms with van der Waals surface area (Å²) in [5.74, 6) is -3.50. The third-order valence-corrected chi connectivity index (χ3v) is 9.52. The molecular formula is C26H28N2O9S. The Bertz CT molecular complexity index is 1310. The second-order valence-corrected chi connectivity index (χ2v) is 12.1. The molecule has 2 heterocycles. The van der Waals surface area contributed by atoms with Gasteiger partial charge < -0.3 is 24.4 Å². The van der Waals surface area contributed by atoms with E-state index in [1.54, 1.807) is 48.5 Å². The number of nitrogens with one attached hydrogen (secondary N) is 1. The van der Waals surface area contributed by atoms with Gasteiger partial charge >= 0.3 is 18.0 Å². The van der Waals surface area contributed by atoms with Crippen LogP contribution in [-0.2, 0) is 51.6 Å². The molecule has 4 rings (SSSR count). The van der Waals surface area contributed by atoms with Crippen molar-refractivity contribution in [3.8, 4) is 0 Å². The highest BCUT2D eigenvalue weighted by molar-refractivity contribution is 7.93. The Labute approximate surface area is 220 Å². The lowest BCUT2D eigenvalue weighted by atomic mass is 9.92. The van der Waals surface area contributed by atoms with Gasteiger partial charge in [-0.2, -0.15) is 0 Å². The van der Waals surface area contributed by atoms with Gasteiger partial charge in [0.25, 0.3) is 0 Å². The van der Waals surface area contributed by atoms with Crippen molar-refractivity contribution in [2.24, 2.45) is 5.92 Å². The minimum absolute atomic E-state index is 0.0123. The molecule has 0 aliphatic carbocycles. The van der Waals surface area contributed by atoms with Gasteiger partial charge in [0.2, 0.25) is 5.91 Å². The predicted molar refractivity (Wildman–Crippen MR) is 133 cm³/mol. The molecule has 3 atom stereocenters. The Hall–Kier alpha value is -3.93. The zero-order valence-electron chi connectivity index (χ0n) is 20.9. The number of alkyl carbamates (subject to hydrolysis) is 1. The van der Waals surface area contributed by atoms with Gasteiger partial charge in [0.15, 0.2) is 15.2 Å². The summed E-state index contributed by atoms with van der Waals surface area (Å²) in [6, 6.07) is 16.5. The van der Waals surface area contributed by atoms with Gasteiger partial charge in [-0.1, -0.05) is 60.7 Å². The molecule has 0 unspecified atom stereocenters. The average Bonchev–Trinajstić information content (AvgIpc) is 3.05. The van der Waals surface area contributed by atoms with Crippen LogP contribution in [-0.4, -0.2) is 66.6 Å². The summed E-state index contributed by atoms with van der Waals surface area (Å²) in [5.41, 5.74) is 1.48. The Balaban J connectivity index is 1.30. The molecule has 38 heavy (non-hydrogen) atoms. The van der Waals surface area contributed by atoms with E-state index in [1.807, 2.05) is 12.1 Å². The first-order chi connectivity index (χ1) is 18.0. The van der Waals surface area contributed by atoms with Crippen molar-refractivity contribution in [2.45, 2.75) is 43.2 Å². The Morgan fingerprint density at radius 1 is 0.895 bits per heavy atom. The minimum atomic E-state index is -4.01. The van der Waals surface area contributed by atoms with Crippen molar-refractivity contribution in [2.75, 3.05) is 13.2 Å². The molecule has 2 amide bonds. The van der Waals surface area contributed by atoms with E-state index in [0.717, 1.165) is 10.5 Å². The molecule has 2 aromatic rings. The number of amides is 2. The lowest BCUT2D eigenvalue weighted by Gasteiger charge is -2.42. The van der Waals surface area contributed by atoms with Crippen molar-refractivity contribution in [3.05, 3.63) is 71.8 Å². The van der Waals surface area contributed by atoms with Crippen molar-refractivity contribution in [1.29, 1.82) is 0 Å². The topological polar surface area (TPSA) is 145 Å². The molecule has 11 nitrogen and oxygen atoms in total. The summed E-state index contributed by atoms with van der Waals surface area (Å²) in [4.78, 5) is 50.7. The third-order valence-electron chi connectivity index (χ3n) is 6.64. The molecule has 0 aromatic heterocycles. The Morgan fingerprint density at radius 2 is 1.45 bits per heavy atom. The lowest BCUT2D eigenvalue weighted by molar-refractivity contribution is -0.171. The molecule has 2 fully saturated rings. The van der Waals surface area contributed by atoms with Gasteiger partial charge in [0, 0.05) is 0 Å². The lowest BCUT2D eigenvalue weighted by Crippen LogP contribution is -2.65. The molecule has 2 aromatic carbocycles. The maximum absolute atomic E-state index is 13.3. The number of carbonyl (C=O) groups excluding carboxylic acids is 4. The van der Waals surface area contributed by atoms with E-state index in [1.165, 1.54) is 13.8 Å². The zero-order valence-corrected chi connectivity index (χ0v) is 21.7. The summed E-state index contributed by atoms with van der Waals surface area (Å²) in [7, 11) is -4.01. The minimum Gasteiger partial charge on any atom is -0.463 e. The number of hydrogen-bond donors (Lipinski definition) is 1. The number of sulfone groups is 1. The van der Waals surface area contributed by atoms with Crippen LogP contribution in [0.4, 0.5) is 4.79 Å². The summed E-state index contributed by atoms with van der Waals surface area (Å²) in [5, 5.41) is 0.915. The zero-order chi connectivity index (χ0) is 27.5. The number of ether oxygens (including phenoxy) is 3. The van der Waals surface area contributed by atoms with E-state index >= 15 is 0 Å². The van der Waals surface area contributed by atoms with Crippen molar-refractivity contribution >= 4 is 33.8 Å². The van der Waals surface area contributed by atoms with Crippen LogP contribution in [0, 0.1) is 5.92 Å². The van der Waals surface area contributed by atoms with E-state index in [0.29, 0.717) is 5.56 Å². The molecule has 0 bridgehead atoms. The molecule has 2 aliphatic rings. The van der Waals surface area contributed by atoms with Crippen LogP contribution in [0.1, 0.15) is 25.0 Å². The smallest absolute Gasteiger partial charge is 0.407 e. The van der Waals surface area contributed by atoms with Crippen LogP contribution in [0.5, 0.6) is 0 Å². The van der Waals surface area contributed by atoms with Gasteiger partial charge in [-0.15, -0.1) is 0 Å². The van der Waals surface area contributed by atoms with E-state index in [-0.39, 0.29) is 13.2 Å². The third kappa shape index (κ3) is 5.21. The van der Waals surface area contributed by atoms with E-state index in [4.69, 9.17) is 14.2 Å². The summed E-state index contributed by atoms with van der Waals surface area (Å²) in [6.45, 7) is 1.64. The number of β-lactam (4-membered cyclic amide) rings is 1. The molecule has 1 N–H and O–H groups in total. The largest absolute Gasteiger partial charge is 0.463 e. The number of hydrogen-bond acceptors (Lipinski definition) is 9. The van der Waals surface area contributed by atoms with Crippen LogP contribution in [0.25, 0.3) is 0 Å². The molecule has 202 valence electrons. The highest BCUT2D eigenvalue weighted by Gasteiger charge is 2.72. The number of esters is 2. The second-order valence-electron chi connectivity index (χ2n) is 9.49. The van der Waals surface area contributed by atoms with E-state index in [9.17, 15) is 27.6 Å². The number of fused-ring (bicyclic) bond motifs is 1. The van der Waals surface area contributed by atoms with Crippen LogP contribution in [0.2, 0.25) is 0 Å². The number of carbonyl (C=O) groups is 4. The molecule has 12 heteroatoms. The molecule has 0 radical (unpaired) electrons. The van der Waals surface area contributed by atoms with Gasteiger partial charge in [0.05, 0.1) is 4.75 Å². The molecule has 0 saturated carbocycles. The quantitative estimate of drug-likeness (QED) is 0.282. The van der Waals surface area contributed by atoms with Crippen molar-refractivity contribution in [3.63, 3.8) is 0 Å². The summed E-state index contributed by atoms with van der Waals surface area (Å²) in [6.07, 6.45) is -0.839. The Morgan fingerprint density at radius 3 is 2.03 bits per heavy atom. The standard InChI is InChI=1S/C26H28N2O9S/c1-26(2)21(24(31)36-14-17-9-5-3-6-10-17)28-22(30)19(23(28)38(26,33)34)16-35-20(29)13-27-25(32)37-15-18-11-7-4-8-12-18/h3-12,19,21,23H,13-16H2,1-2H3,(H,27,32)/t19-,21-,23+/m0/s1. The van der Waals surface area contributed by atoms with Crippen molar-refractivity contribution in [1.82, 2.24) is 10.2 Å². The fourth-order valence-corrected chi connectivity index (χ4v) is 6.80. The van der Waals surface area contributed by atoms with Crippen LogP contribution in [0.15, 0.2) is 60.7 Å². The Kier molecular flexibility index (Phi) is 7.72. The number of nitrogens with zero attached hydrogens (tertiary/aromatic N) is 1. The maximum Gasteiger partial charge on any atom is 0.407 e. The highest BCUT2D eigenvalue weighted by Crippen LogP contribution is 2.49. The maximum atomic E-state index is 13.3. The monoisotopic (exact) mass is 544 g/mol. The van der Waals surface area contributed by atoms with Gasteiger partial charge in [-0.3, -0.25) is 9.59 Å². The SMILES string of the molecule is CC1(C)[C@H](C(=O)OCc2ccccc2)N2C(=O)[C@H](COC(=O)CNC(=O)OCc3ccccc3)[C@H]2S1(=O)=O. The number of rotatable bonds is 9. The fourth-order valence-electron chi connectivity index (χ4n) is 4.50. The summed E-state index contributed by atoms with van der Waals surface area (Å²) < 4.78 is 40.3. The van der Waals surface area contributed by atoms with Gasteiger partial charge in [0.1, 0.15) is 38.3 Å². The van der Waals surface area contributed by atoms with Gasteiger partial charge in [-0.05, 0) is 25.0 Å². The highest BCUT2D eigenvalue weighted by atomic mass is 32.2. The summed E-state index contributed by atoms with van der Waals surface area (Å²) >= 11 is 0. The fraction of sp³-hybridized carbons (Fsp3) is 0.385. The molecule has 2 saturated heterocycles. The average molecular weight is 545 g/mol. The predicted octanol–water partition coefficient (Wildman–Crippen LogP) is 1.56. The van der Waals surface area contributed by atoms with Crippen molar-refractivity contribution < 1.29 is 41.8 Å². The second kappa shape index (κ2) is 10.8. The first-order valence-corrected chi connectivity index (χ1v) is 13.4. The molecule has 0 spiro atoms. The molecular weight excluding hydrogens is 516 g/mol. The first kappa shape index (κ1) is 27.1. The van der Waals surface area contributed by atoms with Gasteiger partial charge in [-0.25, -0.2) is 18.0 Å². The first-order valence-electron chi connectivity index (χ1n) is 11.9. The van der Waals surface area contributed by atoms with Crippen LogP contribution < -0.4 is 5.32 Å². The normalized spacial score (nSPS) is 22.5. The van der Waals surface area contributed by atoms with Crippen LogP contribution >= 0.6 is 0 Å². The number of benzene rings is 2. The van der Waals surface area contributed by atoms with E-state index in [2.05, 4.69) is 5.32 Å². The molecule has 2 aliphatic heterocycles. The van der Waals surface area contributed by atoms with E-state index < -0.39 is 69.0 Å².